The second-order valence-corrected chi connectivity index (χ2v) is 10.3. The first-order chi connectivity index (χ1) is 17.8. The summed E-state index contributed by atoms with van der Waals surface area (Å²) in [6.45, 7) is 0.374. The van der Waals surface area contributed by atoms with Crippen LogP contribution in [0.3, 0.4) is 0 Å². The summed E-state index contributed by atoms with van der Waals surface area (Å²) in [6.07, 6.45) is -3.16. The third-order valence-corrected chi connectivity index (χ3v) is 7.71. The van der Waals surface area contributed by atoms with Gasteiger partial charge in [0.25, 0.3) is 5.91 Å². The molecule has 2 saturated carbocycles. The highest BCUT2D eigenvalue weighted by Gasteiger charge is 2.37. The molecule has 1 aromatic rings. The van der Waals surface area contributed by atoms with Gasteiger partial charge in [-0.1, -0.05) is 0 Å². The Kier molecular flexibility index (Phi) is 10.1. The predicted octanol–water partition coefficient (Wildman–Crippen LogP) is 5.02. The summed E-state index contributed by atoms with van der Waals surface area (Å²) >= 11 is 0. The quantitative estimate of drug-likeness (QED) is 0.446. The van der Waals surface area contributed by atoms with E-state index >= 15 is 0 Å². The second-order valence-electron chi connectivity index (χ2n) is 10.3. The molecular weight excluding hydrogens is 516 g/mol. The van der Waals surface area contributed by atoms with E-state index in [0.717, 1.165) is 38.5 Å². The highest BCUT2D eigenvalue weighted by atomic mass is 19.4. The summed E-state index contributed by atoms with van der Waals surface area (Å²) in [5.74, 6) is -0.909. The van der Waals surface area contributed by atoms with Gasteiger partial charge in [0.05, 0.1) is 23.8 Å². The molecule has 0 unspecified atom stereocenters. The van der Waals surface area contributed by atoms with E-state index < -0.39 is 35.0 Å². The molecule has 6 nitrogen and oxygen atoms in total. The average Bonchev–Trinajstić information content (AvgIpc) is 2.89. The van der Waals surface area contributed by atoms with Crippen LogP contribution in [0.25, 0.3) is 0 Å². The van der Waals surface area contributed by atoms with Crippen LogP contribution in [0.2, 0.25) is 0 Å². The zero-order valence-corrected chi connectivity index (χ0v) is 21.6. The first-order valence-electron chi connectivity index (χ1n) is 12.9. The minimum absolute atomic E-state index is 0.000589. The lowest BCUT2D eigenvalue weighted by molar-refractivity contribution is -0.143. The molecule has 2 aliphatic carbocycles. The van der Waals surface area contributed by atoms with Gasteiger partial charge in [-0.3, -0.25) is 9.59 Å². The molecule has 2 aliphatic rings. The van der Waals surface area contributed by atoms with Crippen molar-refractivity contribution in [2.24, 2.45) is 5.92 Å². The molecule has 2 amide bonds. The minimum Gasteiger partial charge on any atom is -0.381 e. The summed E-state index contributed by atoms with van der Waals surface area (Å²) in [6, 6.07) is 1.20. The number of halogens is 6. The largest absolute Gasteiger partial charge is 0.416 e. The highest BCUT2D eigenvalue weighted by Crippen LogP contribution is 2.36. The van der Waals surface area contributed by atoms with Crippen molar-refractivity contribution in [2.45, 2.75) is 81.9 Å². The maximum absolute atomic E-state index is 13.1. The van der Waals surface area contributed by atoms with E-state index in [2.05, 4.69) is 10.6 Å². The van der Waals surface area contributed by atoms with Gasteiger partial charge in [0.1, 0.15) is 0 Å². The molecular formula is C26H35F6N3O3. The predicted molar refractivity (Wildman–Crippen MR) is 128 cm³/mol. The first kappa shape index (κ1) is 30.2. The van der Waals surface area contributed by atoms with E-state index in [4.69, 9.17) is 4.74 Å². The maximum Gasteiger partial charge on any atom is 0.416 e. The maximum atomic E-state index is 13.1. The topological polar surface area (TPSA) is 70.7 Å². The molecule has 3 rings (SSSR count). The number of carbonyl (C=O) groups excluding carboxylic acids is 2. The van der Waals surface area contributed by atoms with Crippen molar-refractivity contribution >= 4 is 11.8 Å². The van der Waals surface area contributed by atoms with Gasteiger partial charge in [-0.05, 0) is 75.5 Å². The molecule has 0 radical (unpaired) electrons. The summed E-state index contributed by atoms with van der Waals surface area (Å²) in [5.41, 5.74) is -3.72. The number of carbonyl (C=O) groups is 2. The fourth-order valence-electron chi connectivity index (χ4n) is 5.22. The van der Waals surface area contributed by atoms with Crippen LogP contribution in [-0.4, -0.2) is 62.1 Å². The lowest BCUT2D eigenvalue weighted by atomic mass is 9.86. The smallest absolute Gasteiger partial charge is 0.381 e. The van der Waals surface area contributed by atoms with Gasteiger partial charge in [-0.25, -0.2) is 0 Å². The Labute approximate surface area is 218 Å². The molecule has 0 heterocycles. The third-order valence-electron chi connectivity index (χ3n) is 7.71. The Morgan fingerprint density at radius 2 is 1.45 bits per heavy atom. The summed E-state index contributed by atoms with van der Waals surface area (Å²) in [7, 11) is 3.53. The SMILES string of the molecule is COC1CCC(N(C)C(=O)CNC2CCC(CNC(=O)c3cc(C(F)(F)F)cc(C(F)(F)F)c3)CC2)CC1. The molecule has 214 valence electrons. The Bertz CT molecular complexity index is 920. The number of nitrogens with zero attached hydrogens (tertiary/aromatic N) is 1. The van der Waals surface area contributed by atoms with Gasteiger partial charge < -0.3 is 20.3 Å². The molecule has 0 spiro atoms. The molecule has 2 N–H and O–H groups in total. The van der Waals surface area contributed by atoms with Crippen molar-refractivity contribution in [3.8, 4) is 0 Å². The van der Waals surface area contributed by atoms with Gasteiger partial charge in [-0.15, -0.1) is 0 Å². The number of hydrogen-bond donors (Lipinski definition) is 2. The van der Waals surface area contributed by atoms with E-state index in [0.29, 0.717) is 25.0 Å². The zero-order valence-electron chi connectivity index (χ0n) is 21.6. The molecule has 1 aromatic carbocycles. The van der Waals surface area contributed by atoms with Crippen LogP contribution >= 0.6 is 0 Å². The van der Waals surface area contributed by atoms with Crippen molar-refractivity contribution in [3.63, 3.8) is 0 Å². The van der Waals surface area contributed by atoms with Crippen LogP contribution in [0, 0.1) is 5.92 Å². The lowest BCUT2D eigenvalue weighted by Crippen LogP contribution is -2.46. The number of hydrogen-bond acceptors (Lipinski definition) is 4. The van der Waals surface area contributed by atoms with E-state index in [-0.39, 0.29) is 49.2 Å². The van der Waals surface area contributed by atoms with Gasteiger partial charge in [0.2, 0.25) is 5.91 Å². The number of amides is 2. The Balaban J connectivity index is 1.43. The summed E-state index contributed by atoms with van der Waals surface area (Å²) < 4.78 is 83.7. The number of likely N-dealkylation sites (N-methyl/N-ethyl adjacent to an activating group) is 1. The highest BCUT2D eigenvalue weighted by molar-refractivity contribution is 5.94. The first-order valence-corrected chi connectivity index (χ1v) is 12.9. The number of rotatable bonds is 8. The number of alkyl halides is 6. The average molecular weight is 552 g/mol. The minimum atomic E-state index is -5.01. The number of methoxy groups -OCH3 is 1. The lowest BCUT2D eigenvalue weighted by Gasteiger charge is -2.35. The van der Waals surface area contributed by atoms with Crippen LogP contribution < -0.4 is 10.6 Å². The third kappa shape index (κ3) is 8.33. The monoisotopic (exact) mass is 551 g/mol. The second kappa shape index (κ2) is 12.7. The van der Waals surface area contributed by atoms with Crippen molar-refractivity contribution in [1.82, 2.24) is 15.5 Å². The van der Waals surface area contributed by atoms with Crippen LogP contribution in [-0.2, 0) is 21.9 Å². The Morgan fingerprint density at radius 3 is 1.95 bits per heavy atom. The molecule has 0 bridgehead atoms. The standard InChI is InChI=1S/C26H35F6N3O3/c1-35(21-7-9-22(38-2)10-8-21)23(36)15-33-20-5-3-16(4-6-20)14-34-24(37)17-11-18(25(27,28)29)13-19(12-17)26(30,31)32/h11-13,16,20-22,33H,3-10,14-15H2,1-2H3,(H,34,37). The van der Waals surface area contributed by atoms with E-state index in [1.165, 1.54) is 0 Å². The molecule has 0 atom stereocenters. The Hall–Kier alpha value is -2.34. The number of benzene rings is 1. The normalized spacial score (nSPS) is 24.6. The fourth-order valence-corrected chi connectivity index (χ4v) is 5.22. The van der Waals surface area contributed by atoms with Crippen molar-refractivity contribution in [3.05, 3.63) is 34.9 Å². The molecule has 2 fully saturated rings. The van der Waals surface area contributed by atoms with E-state index in [1.54, 1.807) is 12.0 Å². The summed E-state index contributed by atoms with van der Waals surface area (Å²) in [4.78, 5) is 26.8. The molecule has 0 aromatic heterocycles. The fraction of sp³-hybridized carbons (Fsp3) is 0.692. The van der Waals surface area contributed by atoms with Crippen LogP contribution in [0.15, 0.2) is 18.2 Å². The van der Waals surface area contributed by atoms with E-state index in [9.17, 15) is 35.9 Å². The van der Waals surface area contributed by atoms with Crippen molar-refractivity contribution < 1.29 is 40.7 Å². The van der Waals surface area contributed by atoms with Crippen molar-refractivity contribution in [2.75, 3.05) is 27.2 Å². The van der Waals surface area contributed by atoms with Crippen LogP contribution in [0.4, 0.5) is 26.3 Å². The molecule has 12 heteroatoms. The van der Waals surface area contributed by atoms with Gasteiger partial charge in [-0.2, -0.15) is 26.3 Å². The summed E-state index contributed by atoms with van der Waals surface area (Å²) in [5, 5.41) is 5.78. The van der Waals surface area contributed by atoms with Gasteiger partial charge in [0, 0.05) is 38.3 Å². The molecule has 38 heavy (non-hydrogen) atoms. The van der Waals surface area contributed by atoms with Crippen LogP contribution in [0.1, 0.15) is 72.9 Å². The van der Waals surface area contributed by atoms with Gasteiger partial charge in [0.15, 0.2) is 0 Å². The molecule has 0 aliphatic heterocycles. The number of ether oxygens (including phenoxy) is 1. The zero-order chi connectivity index (χ0) is 28.1. The van der Waals surface area contributed by atoms with E-state index in [1.807, 2.05) is 7.05 Å². The number of nitrogens with one attached hydrogen (secondary N) is 2. The van der Waals surface area contributed by atoms with Crippen molar-refractivity contribution in [1.29, 1.82) is 0 Å². The van der Waals surface area contributed by atoms with Gasteiger partial charge >= 0.3 is 12.4 Å². The molecule has 0 saturated heterocycles. The Morgan fingerprint density at radius 1 is 0.895 bits per heavy atom. The van der Waals surface area contributed by atoms with Crippen LogP contribution in [0.5, 0.6) is 0 Å².